The van der Waals surface area contributed by atoms with Crippen molar-refractivity contribution in [1.29, 1.82) is 0 Å². The average Bonchev–Trinajstić information content (AvgIpc) is 2.96. The number of benzene rings is 1. The van der Waals surface area contributed by atoms with Crippen LogP contribution >= 0.6 is 23.1 Å². The van der Waals surface area contributed by atoms with Crippen molar-refractivity contribution in [3.8, 4) is 0 Å². The number of thioether (sulfide) groups is 1. The highest BCUT2D eigenvalue weighted by molar-refractivity contribution is 8.01. The predicted octanol–water partition coefficient (Wildman–Crippen LogP) is 2.96. The summed E-state index contributed by atoms with van der Waals surface area (Å²) in [5, 5.41) is 10.9. The van der Waals surface area contributed by atoms with E-state index in [1.54, 1.807) is 35.6 Å². The summed E-state index contributed by atoms with van der Waals surface area (Å²) >= 11 is 2.98. The van der Waals surface area contributed by atoms with Crippen LogP contribution in [0.4, 0.5) is 5.69 Å². The Bertz CT molecular complexity index is 569. The quantitative estimate of drug-likeness (QED) is 0.834. The van der Waals surface area contributed by atoms with Gasteiger partial charge in [0.1, 0.15) is 6.54 Å². The number of carbonyl (C=O) groups excluding carboxylic acids is 1. The third-order valence-corrected chi connectivity index (χ3v) is 4.61. The van der Waals surface area contributed by atoms with E-state index in [0.717, 1.165) is 4.21 Å². The van der Waals surface area contributed by atoms with E-state index in [4.69, 9.17) is 5.11 Å². The van der Waals surface area contributed by atoms with Crippen LogP contribution in [-0.2, 0) is 9.59 Å². The van der Waals surface area contributed by atoms with Crippen LogP contribution in [0.1, 0.15) is 0 Å². The molecule has 6 heteroatoms. The van der Waals surface area contributed by atoms with Crippen molar-refractivity contribution in [2.45, 2.75) is 4.21 Å². The Hall–Kier alpha value is -1.79. The lowest BCUT2D eigenvalue weighted by molar-refractivity contribution is -0.136. The summed E-state index contributed by atoms with van der Waals surface area (Å²) in [5.41, 5.74) is 0.603. The Morgan fingerprint density at radius 1 is 1.15 bits per heavy atom. The molecule has 2 aromatic rings. The first-order valence-electron chi connectivity index (χ1n) is 5.90. The molecule has 0 aliphatic heterocycles. The highest BCUT2D eigenvalue weighted by Crippen LogP contribution is 2.24. The monoisotopic (exact) mass is 307 g/mol. The van der Waals surface area contributed by atoms with E-state index in [1.165, 1.54) is 16.7 Å². The third kappa shape index (κ3) is 4.11. The number of carboxylic acid groups (broad SMARTS) is 1. The standard InChI is InChI=1S/C14H13NO3S2/c16-12(10-20-14-7-4-8-19-14)15(9-13(17)18)11-5-2-1-3-6-11/h1-8H,9-10H2,(H,17,18). The molecule has 1 aromatic heterocycles. The summed E-state index contributed by atoms with van der Waals surface area (Å²) in [4.78, 5) is 24.4. The highest BCUT2D eigenvalue weighted by atomic mass is 32.2. The van der Waals surface area contributed by atoms with Gasteiger partial charge in [-0.15, -0.1) is 23.1 Å². The number of amides is 1. The molecule has 0 aliphatic carbocycles. The highest BCUT2D eigenvalue weighted by Gasteiger charge is 2.18. The van der Waals surface area contributed by atoms with Gasteiger partial charge in [-0.2, -0.15) is 0 Å². The van der Waals surface area contributed by atoms with Gasteiger partial charge in [-0.3, -0.25) is 9.59 Å². The summed E-state index contributed by atoms with van der Waals surface area (Å²) in [6.07, 6.45) is 0. The maximum Gasteiger partial charge on any atom is 0.323 e. The van der Waals surface area contributed by atoms with Crippen molar-refractivity contribution in [3.63, 3.8) is 0 Å². The van der Waals surface area contributed by atoms with Crippen molar-refractivity contribution in [3.05, 3.63) is 47.8 Å². The first-order valence-corrected chi connectivity index (χ1v) is 7.77. The fourth-order valence-corrected chi connectivity index (χ4v) is 3.28. The molecule has 1 heterocycles. The molecule has 0 unspecified atom stereocenters. The second-order valence-electron chi connectivity index (χ2n) is 3.93. The van der Waals surface area contributed by atoms with Crippen LogP contribution in [0.5, 0.6) is 0 Å². The first kappa shape index (κ1) is 14.6. The van der Waals surface area contributed by atoms with Gasteiger partial charge < -0.3 is 10.0 Å². The van der Waals surface area contributed by atoms with Gasteiger partial charge in [-0.1, -0.05) is 24.3 Å². The van der Waals surface area contributed by atoms with Crippen molar-refractivity contribution in [1.82, 2.24) is 0 Å². The van der Waals surface area contributed by atoms with Crippen molar-refractivity contribution < 1.29 is 14.7 Å². The fraction of sp³-hybridized carbons (Fsp3) is 0.143. The van der Waals surface area contributed by atoms with Crippen LogP contribution < -0.4 is 4.90 Å². The Morgan fingerprint density at radius 3 is 2.50 bits per heavy atom. The molecule has 104 valence electrons. The Morgan fingerprint density at radius 2 is 1.90 bits per heavy atom. The maximum absolute atomic E-state index is 12.2. The first-order chi connectivity index (χ1) is 9.66. The lowest BCUT2D eigenvalue weighted by Gasteiger charge is -2.20. The molecule has 2 rings (SSSR count). The molecule has 0 spiro atoms. The van der Waals surface area contributed by atoms with Crippen molar-refractivity contribution >= 4 is 40.7 Å². The van der Waals surface area contributed by atoms with E-state index in [-0.39, 0.29) is 18.2 Å². The number of carboxylic acids is 1. The van der Waals surface area contributed by atoms with E-state index in [9.17, 15) is 9.59 Å². The zero-order valence-corrected chi connectivity index (χ0v) is 12.2. The summed E-state index contributed by atoms with van der Waals surface area (Å²) in [7, 11) is 0. The minimum Gasteiger partial charge on any atom is -0.480 e. The average molecular weight is 307 g/mol. The van der Waals surface area contributed by atoms with E-state index < -0.39 is 5.97 Å². The van der Waals surface area contributed by atoms with Gasteiger partial charge in [-0.05, 0) is 23.6 Å². The van der Waals surface area contributed by atoms with E-state index in [1.807, 2.05) is 23.6 Å². The number of aliphatic carboxylic acids is 1. The van der Waals surface area contributed by atoms with Crippen LogP contribution in [0.3, 0.4) is 0 Å². The molecular weight excluding hydrogens is 294 g/mol. The number of para-hydroxylation sites is 1. The summed E-state index contributed by atoms with van der Waals surface area (Å²) < 4.78 is 1.04. The Labute approximate surface area is 125 Å². The molecule has 0 saturated heterocycles. The number of anilines is 1. The second-order valence-corrected chi connectivity index (χ2v) is 6.15. The Kier molecular flexibility index (Phi) is 5.20. The number of rotatable bonds is 6. The SMILES string of the molecule is O=C(O)CN(C(=O)CSc1cccs1)c1ccccc1. The minimum absolute atomic E-state index is 0.211. The molecule has 20 heavy (non-hydrogen) atoms. The molecule has 0 saturated carbocycles. The number of nitrogens with zero attached hydrogens (tertiary/aromatic N) is 1. The summed E-state index contributed by atoms with van der Waals surface area (Å²) in [5.74, 6) is -1.01. The number of hydrogen-bond donors (Lipinski definition) is 1. The number of carbonyl (C=O) groups is 2. The lowest BCUT2D eigenvalue weighted by Crippen LogP contribution is -2.36. The second kappa shape index (κ2) is 7.12. The predicted molar refractivity (Wildman–Crippen MR) is 81.5 cm³/mol. The molecule has 1 amide bonds. The normalized spacial score (nSPS) is 10.2. The minimum atomic E-state index is -1.02. The largest absolute Gasteiger partial charge is 0.480 e. The molecule has 0 fully saturated rings. The zero-order chi connectivity index (χ0) is 14.4. The number of hydrogen-bond acceptors (Lipinski definition) is 4. The molecule has 0 atom stereocenters. The lowest BCUT2D eigenvalue weighted by atomic mass is 10.3. The van der Waals surface area contributed by atoms with Gasteiger partial charge in [-0.25, -0.2) is 0 Å². The van der Waals surface area contributed by atoms with E-state index in [0.29, 0.717) is 5.69 Å². The molecule has 1 aromatic carbocycles. The van der Waals surface area contributed by atoms with Crippen LogP contribution in [0, 0.1) is 0 Å². The molecular formula is C14H13NO3S2. The van der Waals surface area contributed by atoms with Gasteiger partial charge in [0.2, 0.25) is 5.91 Å². The topological polar surface area (TPSA) is 57.6 Å². The van der Waals surface area contributed by atoms with E-state index in [2.05, 4.69) is 0 Å². The van der Waals surface area contributed by atoms with Gasteiger partial charge >= 0.3 is 5.97 Å². The molecule has 0 bridgehead atoms. The van der Waals surface area contributed by atoms with Crippen molar-refractivity contribution in [2.24, 2.45) is 0 Å². The van der Waals surface area contributed by atoms with Crippen LogP contribution in [0.2, 0.25) is 0 Å². The maximum atomic E-state index is 12.2. The summed E-state index contributed by atoms with van der Waals surface area (Å²) in [6, 6.07) is 12.7. The van der Waals surface area contributed by atoms with Crippen LogP contribution in [0.25, 0.3) is 0 Å². The molecule has 0 aliphatic rings. The van der Waals surface area contributed by atoms with Gasteiger partial charge in [0, 0.05) is 5.69 Å². The third-order valence-electron chi connectivity index (χ3n) is 2.50. The Balaban J connectivity index is 2.06. The van der Waals surface area contributed by atoms with E-state index >= 15 is 0 Å². The smallest absolute Gasteiger partial charge is 0.323 e. The molecule has 0 radical (unpaired) electrons. The molecule has 1 N–H and O–H groups in total. The fourth-order valence-electron chi connectivity index (χ4n) is 1.62. The number of thiophene rings is 1. The van der Waals surface area contributed by atoms with Crippen LogP contribution in [0.15, 0.2) is 52.1 Å². The van der Waals surface area contributed by atoms with Gasteiger partial charge in [0.15, 0.2) is 0 Å². The van der Waals surface area contributed by atoms with Gasteiger partial charge in [0.25, 0.3) is 0 Å². The zero-order valence-electron chi connectivity index (χ0n) is 10.6. The summed E-state index contributed by atoms with van der Waals surface area (Å²) in [6.45, 7) is -0.326. The van der Waals surface area contributed by atoms with Crippen molar-refractivity contribution in [2.75, 3.05) is 17.2 Å². The molecule has 4 nitrogen and oxygen atoms in total. The van der Waals surface area contributed by atoms with Crippen LogP contribution in [-0.4, -0.2) is 29.3 Å². The van der Waals surface area contributed by atoms with Gasteiger partial charge in [0.05, 0.1) is 9.96 Å².